The summed E-state index contributed by atoms with van der Waals surface area (Å²) in [5.74, 6) is -2.80. The van der Waals surface area contributed by atoms with Gasteiger partial charge in [0.25, 0.3) is 0 Å². The molecular formula is C31H24Cl2F7NO4S. The molecule has 0 unspecified atom stereocenters. The highest BCUT2D eigenvalue weighted by molar-refractivity contribution is 7.99. The molecule has 1 fully saturated rings. The highest BCUT2D eigenvalue weighted by atomic mass is 35.5. The number of hydrogen-bond donors (Lipinski definition) is 0. The van der Waals surface area contributed by atoms with Gasteiger partial charge in [-0.05, 0) is 52.6 Å². The fourth-order valence-electron chi connectivity index (χ4n) is 5.54. The molecule has 246 valence electrons. The second-order valence-electron chi connectivity index (χ2n) is 11.0. The third kappa shape index (κ3) is 6.69. The van der Waals surface area contributed by atoms with Crippen LogP contribution >= 0.6 is 35.0 Å². The lowest BCUT2D eigenvalue weighted by molar-refractivity contribution is -0.185. The van der Waals surface area contributed by atoms with E-state index in [1.54, 1.807) is 24.3 Å². The van der Waals surface area contributed by atoms with Crippen molar-refractivity contribution in [2.24, 2.45) is 0 Å². The number of ketones is 1. The van der Waals surface area contributed by atoms with Crippen molar-refractivity contribution in [3.8, 4) is 5.75 Å². The fourth-order valence-corrected chi connectivity index (χ4v) is 7.32. The molecule has 3 aromatic rings. The van der Waals surface area contributed by atoms with Gasteiger partial charge in [0.1, 0.15) is 22.5 Å². The van der Waals surface area contributed by atoms with Crippen LogP contribution in [0.15, 0.2) is 54.6 Å². The molecule has 2 aliphatic rings. The maximum atomic E-state index is 15.2. The molecule has 2 heterocycles. The molecule has 0 aromatic heterocycles. The number of methoxy groups -OCH3 is 1. The van der Waals surface area contributed by atoms with Gasteiger partial charge in [-0.1, -0.05) is 47.5 Å². The summed E-state index contributed by atoms with van der Waals surface area (Å²) in [6.07, 6.45) is -12.4. The molecule has 1 amide bonds. The Labute approximate surface area is 272 Å². The number of nitrogens with zero attached hydrogens (tertiary/aromatic N) is 1. The van der Waals surface area contributed by atoms with Crippen LogP contribution in [0.5, 0.6) is 5.75 Å². The van der Waals surface area contributed by atoms with Crippen LogP contribution in [0.25, 0.3) is 0 Å². The Bertz CT molecular complexity index is 1640. The van der Waals surface area contributed by atoms with Gasteiger partial charge in [-0.2, -0.15) is 26.3 Å². The molecular weight excluding hydrogens is 686 g/mol. The molecule has 1 saturated heterocycles. The summed E-state index contributed by atoms with van der Waals surface area (Å²) < 4.78 is 106. The Morgan fingerprint density at radius 2 is 1.59 bits per heavy atom. The average molecular weight is 710 g/mol. The van der Waals surface area contributed by atoms with Crippen molar-refractivity contribution in [1.82, 2.24) is 4.90 Å². The fraction of sp³-hybridized carbons (Fsp3) is 0.355. The second-order valence-corrected chi connectivity index (χ2v) is 13.1. The summed E-state index contributed by atoms with van der Waals surface area (Å²) in [4.78, 5) is 26.6. The van der Waals surface area contributed by atoms with Crippen LogP contribution in [0.2, 0.25) is 10.0 Å². The highest BCUT2D eigenvalue weighted by Gasteiger charge is 2.58. The Hall–Kier alpha value is -3.00. The summed E-state index contributed by atoms with van der Waals surface area (Å²) >= 11 is 12.3. The first-order chi connectivity index (χ1) is 21.5. The van der Waals surface area contributed by atoms with Crippen molar-refractivity contribution in [2.45, 2.75) is 47.9 Å². The van der Waals surface area contributed by atoms with Gasteiger partial charge in [0.05, 0.1) is 36.9 Å². The van der Waals surface area contributed by atoms with Gasteiger partial charge in [-0.15, -0.1) is 11.8 Å². The van der Waals surface area contributed by atoms with E-state index < -0.39 is 68.7 Å². The molecule has 46 heavy (non-hydrogen) atoms. The van der Waals surface area contributed by atoms with E-state index in [1.165, 1.54) is 25.3 Å². The van der Waals surface area contributed by atoms with Gasteiger partial charge in [-0.3, -0.25) is 9.59 Å². The zero-order chi connectivity index (χ0) is 33.7. The predicted molar refractivity (Wildman–Crippen MR) is 158 cm³/mol. The number of Topliss-reactive ketones (excluding diaryl/α,β-unsaturated/α-hetero) is 1. The lowest BCUT2D eigenvalue weighted by Gasteiger charge is -2.47. The van der Waals surface area contributed by atoms with E-state index in [-0.39, 0.29) is 31.0 Å². The molecule has 15 heteroatoms. The lowest BCUT2D eigenvalue weighted by Crippen LogP contribution is -2.61. The largest absolute Gasteiger partial charge is 0.497 e. The Balaban J connectivity index is 1.44. The number of rotatable bonds is 9. The molecule has 0 N–H and O–H groups in total. The highest BCUT2D eigenvalue weighted by Crippen LogP contribution is 2.55. The minimum absolute atomic E-state index is 0.0580. The smallest absolute Gasteiger partial charge is 0.407 e. The molecule has 3 aromatic carbocycles. The van der Waals surface area contributed by atoms with Crippen LogP contribution in [-0.4, -0.2) is 49.1 Å². The van der Waals surface area contributed by atoms with E-state index in [9.17, 15) is 27.2 Å². The summed E-state index contributed by atoms with van der Waals surface area (Å²) in [7, 11) is 1.44. The van der Waals surface area contributed by atoms with Crippen LogP contribution in [0.3, 0.4) is 0 Å². The normalized spacial score (nSPS) is 17.0. The number of ether oxygens (including phenoxy) is 2. The molecule has 0 radical (unpaired) electrons. The maximum Gasteiger partial charge on any atom is 0.407 e. The number of carbonyl (C=O) groups is 2. The zero-order valence-corrected chi connectivity index (χ0v) is 26.2. The topological polar surface area (TPSA) is 55.8 Å². The van der Waals surface area contributed by atoms with E-state index in [0.29, 0.717) is 34.2 Å². The van der Waals surface area contributed by atoms with Crippen LogP contribution in [0, 0.1) is 5.82 Å². The lowest BCUT2D eigenvalue weighted by atomic mass is 9.83. The van der Waals surface area contributed by atoms with Crippen molar-refractivity contribution in [3.63, 3.8) is 0 Å². The summed E-state index contributed by atoms with van der Waals surface area (Å²) in [6.45, 7) is -0.321. The predicted octanol–water partition coefficient (Wildman–Crippen LogP) is 8.63. The van der Waals surface area contributed by atoms with Crippen molar-refractivity contribution in [3.05, 3.63) is 98.3 Å². The van der Waals surface area contributed by atoms with Gasteiger partial charge >= 0.3 is 12.4 Å². The van der Waals surface area contributed by atoms with Gasteiger partial charge in [-0.25, -0.2) is 4.39 Å². The Morgan fingerprint density at radius 1 is 0.957 bits per heavy atom. The van der Waals surface area contributed by atoms with Crippen molar-refractivity contribution in [2.75, 3.05) is 20.2 Å². The standard InChI is InChI=1S/C31H24Cl2F7NO4S/c1-44-21-5-2-17(3-6-21)14-46-29(31(38,39)40,20-9-23(32)27(34)24(33)10-20)11-25(42)18-4-7-22-19(8-18)13-45-28(22)15-41(16-28)26(43)12-30(35,36)37/h2-10H,11-16H2,1H3/t29-/m0/s1. The van der Waals surface area contributed by atoms with E-state index in [2.05, 4.69) is 0 Å². The quantitative estimate of drug-likeness (QED) is 0.127. The summed E-state index contributed by atoms with van der Waals surface area (Å²) in [5.41, 5.74) is -0.150. The molecule has 5 rings (SSSR count). The van der Waals surface area contributed by atoms with Crippen LogP contribution < -0.4 is 4.74 Å². The number of benzene rings is 3. The van der Waals surface area contributed by atoms with Crippen LogP contribution in [0.1, 0.15) is 45.5 Å². The van der Waals surface area contributed by atoms with Gasteiger partial charge in [0.15, 0.2) is 11.6 Å². The summed E-state index contributed by atoms with van der Waals surface area (Å²) in [5, 5.41) is -1.28. The SMILES string of the molecule is COc1ccc(CS[C@@](CC(=O)c2ccc3c(c2)COC32CN(C(=O)CC(F)(F)F)C2)(c2cc(Cl)c(F)c(Cl)c2)C(F)(F)F)cc1. The minimum atomic E-state index is -5.05. The number of hydrogen-bond acceptors (Lipinski definition) is 5. The average Bonchev–Trinajstić information content (AvgIpc) is 3.35. The number of fused-ring (bicyclic) bond motifs is 2. The molecule has 0 aliphatic carbocycles. The molecule has 5 nitrogen and oxygen atoms in total. The number of halogens is 9. The molecule has 1 atom stereocenters. The van der Waals surface area contributed by atoms with Gasteiger partial charge in [0, 0.05) is 17.7 Å². The van der Waals surface area contributed by atoms with Gasteiger partial charge in [0.2, 0.25) is 5.91 Å². The Morgan fingerprint density at radius 3 is 2.15 bits per heavy atom. The van der Waals surface area contributed by atoms with Gasteiger partial charge < -0.3 is 14.4 Å². The first kappa shape index (κ1) is 34.3. The zero-order valence-electron chi connectivity index (χ0n) is 23.8. The second kappa shape index (κ2) is 12.6. The molecule has 0 saturated carbocycles. The van der Waals surface area contributed by atoms with Crippen molar-refractivity contribution in [1.29, 1.82) is 0 Å². The number of thioether (sulfide) groups is 1. The first-order valence-electron chi connectivity index (χ1n) is 13.6. The van der Waals surface area contributed by atoms with E-state index in [1.807, 2.05) is 0 Å². The first-order valence-corrected chi connectivity index (χ1v) is 15.3. The number of carbonyl (C=O) groups excluding carboxylic acids is 2. The maximum absolute atomic E-state index is 15.2. The van der Waals surface area contributed by atoms with Crippen molar-refractivity contribution < 1.29 is 49.8 Å². The monoisotopic (exact) mass is 709 g/mol. The van der Waals surface area contributed by atoms with E-state index >= 15 is 13.2 Å². The van der Waals surface area contributed by atoms with E-state index in [4.69, 9.17) is 32.7 Å². The third-order valence-electron chi connectivity index (χ3n) is 7.98. The number of amides is 1. The minimum Gasteiger partial charge on any atom is -0.497 e. The van der Waals surface area contributed by atoms with Crippen LogP contribution in [0.4, 0.5) is 30.7 Å². The molecule has 0 bridgehead atoms. The number of alkyl halides is 6. The van der Waals surface area contributed by atoms with Crippen molar-refractivity contribution >= 4 is 46.7 Å². The summed E-state index contributed by atoms with van der Waals surface area (Å²) in [6, 6.07) is 12.1. The molecule has 2 aliphatic heterocycles. The third-order valence-corrected chi connectivity index (χ3v) is 10.1. The number of likely N-dealkylation sites (tertiary alicyclic amines) is 1. The Kier molecular flexibility index (Phi) is 9.37. The van der Waals surface area contributed by atoms with Crippen LogP contribution in [-0.2, 0) is 32.2 Å². The van der Waals surface area contributed by atoms with E-state index in [0.717, 1.165) is 17.0 Å². The molecule has 1 spiro atoms.